The Morgan fingerprint density at radius 3 is 2.84 bits per heavy atom. The predicted octanol–water partition coefficient (Wildman–Crippen LogP) is 1.12. The first kappa shape index (κ1) is 13.3. The molecule has 1 unspecified atom stereocenters. The van der Waals surface area contributed by atoms with Crippen molar-refractivity contribution in [3.8, 4) is 5.69 Å². The minimum Gasteiger partial charge on any atom is -0.354 e. The number of nitrogens with one attached hydrogen (secondary N) is 1. The first-order valence-electron chi connectivity index (χ1n) is 6.23. The third kappa shape index (κ3) is 3.00. The van der Waals surface area contributed by atoms with Crippen LogP contribution in [0.2, 0.25) is 0 Å². The molecular weight excluding hydrogens is 240 g/mol. The quantitative estimate of drug-likeness (QED) is 0.863. The topological polar surface area (TPSA) is 72.9 Å². The number of nitrogens with zero attached hydrogens (tertiary/aromatic N) is 2. The summed E-state index contributed by atoms with van der Waals surface area (Å²) in [5.41, 5.74) is 8.32. The number of amides is 1. The van der Waals surface area contributed by atoms with Crippen LogP contribution in [0, 0.1) is 0 Å². The standard InChI is InChI=1S/C14H18N4O/c1-10(15)9-11-5-3-4-6-13(11)18-8-7-12(17-18)14(19)16-2/h3-8,10H,9,15H2,1-2H3,(H,16,19). The van der Waals surface area contributed by atoms with E-state index in [-0.39, 0.29) is 11.9 Å². The molecule has 1 aromatic carbocycles. The third-order valence-corrected chi connectivity index (χ3v) is 2.83. The first-order chi connectivity index (χ1) is 9.11. The molecule has 3 N–H and O–H groups in total. The fourth-order valence-electron chi connectivity index (χ4n) is 1.96. The van der Waals surface area contributed by atoms with Gasteiger partial charge in [-0.05, 0) is 31.0 Å². The molecule has 5 nitrogen and oxygen atoms in total. The normalized spacial score (nSPS) is 12.2. The van der Waals surface area contributed by atoms with E-state index in [4.69, 9.17) is 5.73 Å². The Morgan fingerprint density at radius 1 is 1.42 bits per heavy atom. The minimum absolute atomic E-state index is 0.0788. The van der Waals surface area contributed by atoms with Crippen molar-refractivity contribution in [1.29, 1.82) is 0 Å². The van der Waals surface area contributed by atoms with Crippen LogP contribution in [0.15, 0.2) is 36.5 Å². The van der Waals surface area contributed by atoms with Crippen LogP contribution in [-0.2, 0) is 6.42 Å². The summed E-state index contributed by atoms with van der Waals surface area (Å²) < 4.78 is 1.71. The average Bonchev–Trinajstić information content (AvgIpc) is 2.87. The molecule has 1 aromatic heterocycles. The molecule has 2 rings (SSSR count). The molecule has 0 saturated carbocycles. The van der Waals surface area contributed by atoms with Gasteiger partial charge in [-0.2, -0.15) is 5.10 Å². The monoisotopic (exact) mass is 258 g/mol. The molecule has 19 heavy (non-hydrogen) atoms. The zero-order valence-electron chi connectivity index (χ0n) is 11.1. The summed E-state index contributed by atoms with van der Waals surface area (Å²) in [4.78, 5) is 11.5. The average molecular weight is 258 g/mol. The molecule has 1 atom stereocenters. The highest BCUT2D eigenvalue weighted by atomic mass is 16.1. The second kappa shape index (κ2) is 5.67. The van der Waals surface area contributed by atoms with Gasteiger partial charge < -0.3 is 11.1 Å². The Labute approximate surface area is 112 Å². The smallest absolute Gasteiger partial charge is 0.271 e. The fourth-order valence-corrected chi connectivity index (χ4v) is 1.96. The van der Waals surface area contributed by atoms with Crippen LogP contribution < -0.4 is 11.1 Å². The van der Waals surface area contributed by atoms with Crippen molar-refractivity contribution >= 4 is 5.91 Å². The summed E-state index contributed by atoms with van der Waals surface area (Å²) in [5, 5.41) is 6.84. The summed E-state index contributed by atoms with van der Waals surface area (Å²) >= 11 is 0. The highest BCUT2D eigenvalue weighted by molar-refractivity contribution is 5.91. The van der Waals surface area contributed by atoms with Crippen molar-refractivity contribution < 1.29 is 4.79 Å². The van der Waals surface area contributed by atoms with Gasteiger partial charge in [0.1, 0.15) is 0 Å². The van der Waals surface area contributed by atoms with Gasteiger partial charge in [-0.25, -0.2) is 4.68 Å². The van der Waals surface area contributed by atoms with Gasteiger partial charge in [0.2, 0.25) is 0 Å². The summed E-state index contributed by atoms with van der Waals surface area (Å²) in [6, 6.07) is 9.70. The maximum Gasteiger partial charge on any atom is 0.271 e. The number of aromatic nitrogens is 2. The Kier molecular flexibility index (Phi) is 3.97. The summed E-state index contributed by atoms with van der Waals surface area (Å²) in [5.74, 6) is -0.191. The van der Waals surface area contributed by atoms with Crippen molar-refractivity contribution in [2.45, 2.75) is 19.4 Å². The largest absolute Gasteiger partial charge is 0.354 e. The van der Waals surface area contributed by atoms with Crippen molar-refractivity contribution in [1.82, 2.24) is 15.1 Å². The Hall–Kier alpha value is -2.14. The zero-order chi connectivity index (χ0) is 13.8. The number of hydrogen-bond acceptors (Lipinski definition) is 3. The number of rotatable bonds is 4. The lowest BCUT2D eigenvalue weighted by Crippen LogP contribution is -2.20. The third-order valence-electron chi connectivity index (χ3n) is 2.83. The lowest BCUT2D eigenvalue weighted by Gasteiger charge is -2.11. The molecule has 2 aromatic rings. The maximum absolute atomic E-state index is 11.5. The van der Waals surface area contributed by atoms with E-state index >= 15 is 0 Å². The molecule has 0 aliphatic heterocycles. The van der Waals surface area contributed by atoms with Crippen molar-refractivity contribution in [2.75, 3.05) is 7.05 Å². The van der Waals surface area contributed by atoms with Crippen LogP contribution in [0.3, 0.4) is 0 Å². The maximum atomic E-state index is 11.5. The number of benzene rings is 1. The lowest BCUT2D eigenvalue weighted by atomic mass is 10.1. The Balaban J connectivity index is 2.36. The molecule has 0 bridgehead atoms. The van der Waals surface area contributed by atoms with E-state index in [2.05, 4.69) is 10.4 Å². The summed E-state index contributed by atoms with van der Waals surface area (Å²) in [6.07, 6.45) is 2.55. The highest BCUT2D eigenvalue weighted by Crippen LogP contribution is 2.15. The molecule has 0 radical (unpaired) electrons. The van der Waals surface area contributed by atoms with E-state index < -0.39 is 0 Å². The van der Waals surface area contributed by atoms with Gasteiger partial charge in [0.15, 0.2) is 5.69 Å². The SMILES string of the molecule is CNC(=O)c1ccn(-c2ccccc2CC(C)N)n1. The fraction of sp³-hybridized carbons (Fsp3) is 0.286. The summed E-state index contributed by atoms with van der Waals surface area (Å²) in [7, 11) is 1.59. The number of hydrogen-bond donors (Lipinski definition) is 2. The van der Waals surface area contributed by atoms with E-state index in [1.54, 1.807) is 24.0 Å². The second-order valence-corrected chi connectivity index (χ2v) is 4.53. The number of para-hydroxylation sites is 1. The molecule has 5 heteroatoms. The predicted molar refractivity (Wildman–Crippen MR) is 74.3 cm³/mol. The first-order valence-corrected chi connectivity index (χ1v) is 6.23. The van der Waals surface area contributed by atoms with Crippen molar-refractivity contribution in [3.05, 3.63) is 47.8 Å². The number of nitrogens with two attached hydrogens (primary N) is 1. The molecule has 0 spiro atoms. The van der Waals surface area contributed by atoms with Gasteiger partial charge in [0.25, 0.3) is 5.91 Å². The zero-order valence-corrected chi connectivity index (χ0v) is 11.1. The van der Waals surface area contributed by atoms with Crippen LogP contribution in [0.4, 0.5) is 0 Å². The minimum atomic E-state index is -0.191. The summed E-state index contributed by atoms with van der Waals surface area (Å²) in [6.45, 7) is 1.97. The molecule has 0 aliphatic carbocycles. The van der Waals surface area contributed by atoms with Crippen molar-refractivity contribution in [3.63, 3.8) is 0 Å². The Morgan fingerprint density at radius 2 is 2.16 bits per heavy atom. The molecule has 0 saturated heterocycles. The van der Waals surface area contributed by atoms with Gasteiger partial charge in [-0.3, -0.25) is 4.79 Å². The van der Waals surface area contributed by atoms with E-state index in [0.717, 1.165) is 17.7 Å². The van der Waals surface area contributed by atoms with Gasteiger partial charge in [-0.15, -0.1) is 0 Å². The van der Waals surface area contributed by atoms with Gasteiger partial charge in [-0.1, -0.05) is 18.2 Å². The van der Waals surface area contributed by atoms with Gasteiger partial charge >= 0.3 is 0 Å². The van der Waals surface area contributed by atoms with Gasteiger partial charge in [0, 0.05) is 19.3 Å². The molecule has 1 amide bonds. The molecular formula is C14H18N4O. The van der Waals surface area contributed by atoms with Crippen LogP contribution in [0.5, 0.6) is 0 Å². The Bertz CT molecular complexity index is 574. The van der Waals surface area contributed by atoms with Crippen LogP contribution in [0.25, 0.3) is 5.69 Å². The van der Waals surface area contributed by atoms with E-state index in [1.807, 2.05) is 31.2 Å². The lowest BCUT2D eigenvalue weighted by molar-refractivity contribution is 0.0957. The molecule has 1 heterocycles. The van der Waals surface area contributed by atoms with E-state index in [1.165, 1.54) is 0 Å². The highest BCUT2D eigenvalue weighted by Gasteiger charge is 2.11. The number of carbonyl (C=O) groups excluding carboxylic acids is 1. The molecule has 0 fully saturated rings. The van der Waals surface area contributed by atoms with Crippen molar-refractivity contribution in [2.24, 2.45) is 5.73 Å². The second-order valence-electron chi connectivity index (χ2n) is 4.53. The van der Waals surface area contributed by atoms with Crippen LogP contribution in [-0.4, -0.2) is 28.8 Å². The number of carbonyl (C=O) groups is 1. The van der Waals surface area contributed by atoms with E-state index in [0.29, 0.717) is 5.69 Å². The van der Waals surface area contributed by atoms with E-state index in [9.17, 15) is 4.79 Å². The van der Waals surface area contributed by atoms with Crippen LogP contribution in [0.1, 0.15) is 23.0 Å². The van der Waals surface area contributed by atoms with Crippen LogP contribution >= 0.6 is 0 Å². The van der Waals surface area contributed by atoms with Gasteiger partial charge in [0.05, 0.1) is 5.69 Å². The molecule has 100 valence electrons. The molecule has 0 aliphatic rings.